The predicted molar refractivity (Wildman–Crippen MR) is 77.9 cm³/mol. The largest absolute Gasteiger partial charge is 0.449 e. The Kier molecular flexibility index (Phi) is 2.99. The number of fused-ring (bicyclic) bond motifs is 1. The molecule has 0 aliphatic heterocycles. The highest BCUT2D eigenvalue weighted by molar-refractivity contribution is 6.04. The van der Waals surface area contributed by atoms with Gasteiger partial charge >= 0.3 is 0 Å². The van der Waals surface area contributed by atoms with Crippen LogP contribution >= 0.6 is 0 Å². The van der Waals surface area contributed by atoms with Gasteiger partial charge in [-0.05, 0) is 49.2 Å². The average molecular weight is 266 g/mol. The summed E-state index contributed by atoms with van der Waals surface area (Å²) >= 11 is 0. The first-order chi connectivity index (χ1) is 9.61. The summed E-state index contributed by atoms with van der Waals surface area (Å²) in [5.41, 5.74) is 4.26. The Morgan fingerprint density at radius 3 is 2.60 bits per heavy atom. The number of benzene rings is 1. The molecule has 4 heteroatoms. The second-order valence-electron chi connectivity index (χ2n) is 4.83. The van der Waals surface area contributed by atoms with Gasteiger partial charge in [0, 0.05) is 18.0 Å². The van der Waals surface area contributed by atoms with Crippen LogP contribution in [0.2, 0.25) is 0 Å². The maximum absolute atomic E-state index is 12.2. The average Bonchev–Trinajstić information content (AvgIpc) is 2.81. The summed E-state index contributed by atoms with van der Waals surface area (Å²) in [7, 11) is 0. The van der Waals surface area contributed by atoms with Crippen molar-refractivity contribution in [3.05, 3.63) is 59.5 Å². The zero-order valence-corrected chi connectivity index (χ0v) is 11.3. The minimum Gasteiger partial charge on any atom is -0.449 e. The molecule has 0 aliphatic carbocycles. The molecule has 0 spiro atoms. The molecule has 1 amide bonds. The van der Waals surface area contributed by atoms with Gasteiger partial charge in [-0.3, -0.25) is 9.78 Å². The standard InChI is InChI=1S/C16H14N2O2/c1-10-6-11(2)8-12(7-10)18-16(19)15-9-13-14(20-15)4-3-5-17-13/h3-9H,1-2H3,(H,18,19). The summed E-state index contributed by atoms with van der Waals surface area (Å²) in [5.74, 6) is -0.00846. The maximum atomic E-state index is 12.2. The second kappa shape index (κ2) is 4.81. The fourth-order valence-corrected chi connectivity index (χ4v) is 2.22. The van der Waals surface area contributed by atoms with Crippen molar-refractivity contribution in [2.75, 3.05) is 5.32 Å². The van der Waals surface area contributed by atoms with Gasteiger partial charge in [0.05, 0.1) is 0 Å². The SMILES string of the molecule is Cc1cc(C)cc(NC(=O)c2cc3ncccc3o2)c1. The van der Waals surface area contributed by atoms with Crippen LogP contribution in [0.15, 0.2) is 47.0 Å². The smallest absolute Gasteiger partial charge is 0.291 e. The molecule has 4 nitrogen and oxygen atoms in total. The van der Waals surface area contributed by atoms with E-state index in [9.17, 15) is 4.79 Å². The van der Waals surface area contributed by atoms with Gasteiger partial charge in [-0.25, -0.2) is 0 Å². The highest BCUT2D eigenvalue weighted by Gasteiger charge is 2.13. The molecule has 1 N–H and O–H groups in total. The third kappa shape index (κ3) is 2.40. The minimum absolute atomic E-state index is 0.262. The fourth-order valence-electron chi connectivity index (χ4n) is 2.22. The van der Waals surface area contributed by atoms with Crippen LogP contribution in [0.4, 0.5) is 5.69 Å². The Balaban J connectivity index is 1.88. The van der Waals surface area contributed by atoms with Crippen molar-refractivity contribution < 1.29 is 9.21 Å². The van der Waals surface area contributed by atoms with Crippen molar-refractivity contribution in [1.29, 1.82) is 0 Å². The van der Waals surface area contributed by atoms with E-state index >= 15 is 0 Å². The Morgan fingerprint density at radius 1 is 1.15 bits per heavy atom. The van der Waals surface area contributed by atoms with E-state index in [1.54, 1.807) is 24.4 Å². The summed E-state index contributed by atoms with van der Waals surface area (Å²) in [5, 5.41) is 2.84. The number of amides is 1. The molecule has 20 heavy (non-hydrogen) atoms. The van der Waals surface area contributed by atoms with Gasteiger partial charge in [0.15, 0.2) is 11.3 Å². The highest BCUT2D eigenvalue weighted by atomic mass is 16.3. The van der Waals surface area contributed by atoms with Crippen molar-refractivity contribution in [3.8, 4) is 0 Å². The van der Waals surface area contributed by atoms with E-state index in [1.165, 1.54) is 0 Å². The molecule has 0 unspecified atom stereocenters. The predicted octanol–water partition coefficient (Wildman–Crippen LogP) is 3.70. The summed E-state index contributed by atoms with van der Waals surface area (Å²) in [6.45, 7) is 3.99. The lowest BCUT2D eigenvalue weighted by molar-refractivity contribution is 0.0998. The number of aromatic nitrogens is 1. The Hall–Kier alpha value is -2.62. The molecule has 0 saturated heterocycles. The van der Waals surface area contributed by atoms with Crippen LogP contribution in [0.1, 0.15) is 21.7 Å². The zero-order valence-electron chi connectivity index (χ0n) is 11.3. The number of pyridine rings is 1. The molecule has 2 heterocycles. The Morgan fingerprint density at radius 2 is 1.90 bits per heavy atom. The monoisotopic (exact) mass is 266 g/mol. The molecule has 0 bridgehead atoms. The van der Waals surface area contributed by atoms with Crippen LogP contribution in [0.5, 0.6) is 0 Å². The summed E-state index contributed by atoms with van der Waals surface area (Å²) in [6.07, 6.45) is 1.67. The van der Waals surface area contributed by atoms with Gasteiger partial charge in [-0.1, -0.05) is 6.07 Å². The van der Waals surface area contributed by atoms with E-state index in [2.05, 4.69) is 16.4 Å². The number of furan rings is 1. The molecule has 100 valence electrons. The van der Waals surface area contributed by atoms with Gasteiger partial charge in [-0.2, -0.15) is 0 Å². The fraction of sp³-hybridized carbons (Fsp3) is 0.125. The maximum Gasteiger partial charge on any atom is 0.291 e. The van der Waals surface area contributed by atoms with Crippen LogP contribution < -0.4 is 5.32 Å². The number of carbonyl (C=O) groups is 1. The van der Waals surface area contributed by atoms with E-state index in [0.29, 0.717) is 11.1 Å². The van der Waals surface area contributed by atoms with Crippen LogP contribution in [0.3, 0.4) is 0 Å². The first-order valence-corrected chi connectivity index (χ1v) is 6.36. The van der Waals surface area contributed by atoms with E-state index in [0.717, 1.165) is 16.8 Å². The summed E-state index contributed by atoms with van der Waals surface area (Å²) < 4.78 is 5.49. The first-order valence-electron chi connectivity index (χ1n) is 6.36. The summed E-state index contributed by atoms with van der Waals surface area (Å²) in [4.78, 5) is 16.3. The van der Waals surface area contributed by atoms with Gasteiger partial charge in [-0.15, -0.1) is 0 Å². The molecule has 1 aromatic carbocycles. The van der Waals surface area contributed by atoms with Crippen molar-refractivity contribution in [2.24, 2.45) is 0 Å². The third-order valence-electron chi connectivity index (χ3n) is 2.99. The molecular formula is C16H14N2O2. The molecule has 2 aromatic heterocycles. The first kappa shape index (κ1) is 12.4. The minimum atomic E-state index is -0.270. The Labute approximate surface area is 116 Å². The van der Waals surface area contributed by atoms with Gasteiger partial charge in [0.2, 0.25) is 0 Å². The molecular weight excluding hydrogens is 252 g/mol. The number of hydrogen-bond donors (Lipinski definition) is 1. The summed E-state index contributed by atoms with van der Waals surface area (Å²) in [6, 6.07) is 11.1. The molecule has 0 saturated carbocycles. The molecule has 0 aliphatic rings. The van der Waals surface area contributed by atoms with Crippen LogP contribution in [-0.2, 0) is 0 Å². The van der Waals surface area contributed by atoms with Crippen molar-refractivity contribution in [3.63, 3.8) is 0 Å². The number of hydrogen-bond acceptors (Lipinski definition) is 3. The normalized spacial score (nSPS) is 10.7. The van der Waals surface area contributed by atoms with Crippen LogP contribution in [0.25, 0.3) is 11.1 Å². The lowest BCUT2D eigenvalue weighted by Crippen LogP contribution is -2.11. The molecule has 0 radical (unpaired) electrons. The number of nitrogens with one attached hydrogen (secondary N) is 1. The lowest BCUT2D eigenvalue weighted by Gasteiger charge is -2.05. The van der Waals surface area contributed by atoms with E-state index in [-0.39, 0.29) is 11.7 Å². The van der Waals surface area contributed by atoms with Crippen LogP contribution in [0, 0.1) is 13.8 Å². The van der Waals surface area contributed by atoms with Crippen molar-refractivity contribution >= 4 is 22.7 Å². The number of carbonyl (C=O) groups excluding carboxylic acids is 1. The molecule has 0 fully saturated rings. The van der Waals surface area contributed by atoms with Gasteiger partial charge < -0.3 is 9.73 Å². The van der Waals surface area contributed by atoms with Gasteiger partial charge in [0.25, 0.3) is 5.91 Å². The number of rotatable bonds is 2. The topological polar surface area (TPSA) is 55.1 Å². The lowest BCUT2D eigenvalue weighted by atomic mass is 10.1. The molecule has 3 aromatic rings. The van der Waals surface area contributed by atoms with Gasteiger partial charge in [0.1, 0.15) is 5.52 Å². The van der Waals surface area contributed by atoms with Crippen molar-refractivity contribution in [2.45, 2.75) is 13.8 Å². The highest BCUT2D eigenvalue weighted by Crippen LogP contribution is 2.19. The number of anilines is 1. The molecule has 0 atom stereocenters. The van der Waals surface area contributed by atoms with E-state index in [4.69, 9.17) is 4.42 Å². The van der Waals surface area contributed by atoms with E-state index in [1.807, 2.05) is 26.0 Å². The number of nitrogens with zero attached hydrogens (tertiary/aromatic N) is 1. The Bertz CT molecular complexity index is 737. The van der Waals surface area contributed by atoms with E-state index < -0.39 is 0 Å². The third-order valence-corrected chi connectivity index (χ3v) is 2.99. The second-order valence-corrected chi connectivity index (χ2v) is 4.83. The quantitative estimate of drug-likeness (QED) is 0.769. The molecule has 3 rings (SSSR count). The zero-order chi connectivity index (χ0) is 14.1. The van der Waals surface area contributed by atoms with Crippen LogP contribution in [-0.4, -0.2) is 10.9 Å². The van der Waals surface area contributed by atoms with Crippen molar-refractivity contribution in [1.82, 2.24) is 4.98 Å². The number of aryl methyl sites for hydroxylation is 2.